The van der Waals surface area contributed by atoms with Crippen LogP contribution in [0.3, 0.4) is 0 Å². The van der Waals surface area contributed by atoms with Crippen molar-refractivity contribution in [1.29, 1.82) is 0 Å². The van der Waals surface area contributed by atoms with Crippen molar-refractivity contribution >= 4 is 16.3 Å². The fourth-order valence-electron chi connectivity index (χ4n) is 1.67. The Kier molecular flexibility index (Phi) is 0.737. The van der Waals surface area contributed by atoms with Gasteiger partial charge in [-0.15, -0.1) is 0 Å². The predicted molar refractivity (Wildman–Crippen MR) is 46.1 cm³/mol. The van der Waals surface area contributed by atoms with Crippen LogP contribution in [-0.2, 0) is 0 Å². The van der Waals surface area contributed by atoms with Crippen LogP contribution < -0.4 is 0 Å². The van der Waals surface area contributed by atoms with Gasteiger partial charge >= 0.3 is 0 Å². The summed E-state index contributed by atoms with van der Waals surface area (Å²) in [6, 6.07) is 10.7. The Hall–Kier alpha value is -1.50. The Labute approximate surface area is 64.2 Å². The zero-order chi connectivity index (χ0) is 7.26. The third-order valence-electron chi connectivity index (χ3n) is 2.18. The van der Waals surface area contributed by atoms with E-state index in [-0.39, 0.29) is 0 Å². The van der Waals surface area contributed by atoms with Crippen molar-refractivity contribution in [2.45, 2.75) is 0 Å². The molecule has 0 atom stereocenters. The van der Waals surface area contributed by atoms with Crippen LogP contribution in [0, 0.1) is 0 Å². The molecule has 2 aromatic heterocycles. The molecule has 1 nitrogen and oxygen atoms in total. The highest BCUT2D eigenvalue weighted by Gasteiger charge is 2.00. The monoisotopic (exact) mass is 141 g/mol. The summed E-state index contributed by atoms with van der Waals surface area (Å²) < 4.78 is 2.16. The van der Waals surface area contributed by atoms with Crippen LogP contribution in [0.15, 0.2) is 42.7 Å². The van der Waals surface area contributed by atoms with Crippen LogP contribution in [0.2, 0.25) is 0 Å². The lowest BCUT2D eigenvalue weighted by molar-refractivity contribution is 1.21. The first-order valence-electron chi connectivity index (χ1n) is 3.73. The second-order valence-electron chi connectivity index (χ2n) is 2.82. The molecule has 0 N–H and O–H groups in total. The molecule has 11 heavy (non-hydrogen) atoms. The Morgan fingerprint density at radius 2 is 1.64 bits per heavy atom. The van der Waals surface area contributed by atoms with Gasteiger partial charge in [-0.25, -0.2) is 0 Å². The Morgan fingerprint density at radius 1 is 0.818 bits per heavy atom. The molecule has 2 heterocycles. The lowest BCUT2D eigenvalue weighted by atomic mass is 10.3. The van der Waals surface area contributed by atoms with Crippen LogP contribution in [0.1, 0.15) is 0 Å². The second-order valence-corrected chi connectivity index (χ2v) is 2.82. The van der Waals surface area contributed by atoms with E-state index in [1.807, 2.05) is 0 Å². The minimum absolute atomic E-state index is 1.33. The summed E-state index contributed by atoms with van der Waals surface area (Å²) in [5.41, 5.74) is 1.34. The molecule has 0 fully saturated rings. The maximum Gasteiger partial charge on any atom is 0.0594 e. The third-order valence-corrected chi connectivity index (χ3v) is 2.18. The quantitative estimate of drug-likeness (QED) is 0.453. The standard InChI is InChI=1S/C10H7N/c1-2-8-3-4-9-5-7-11(6-1)10(8)9/h1-7H. The van der Waals surface area contributed by atoms with Crippen molar-refractivity contribution in [3.05, 3.63) is 42.7 Å². The molecule has 3 rings (SSSR count). The van der Waals surface area contributed by atoms with Gasteiger partial charge in [-0.05, 0) is 17.5 Å². The normalized spacial score (nSPS) is 11.6. The van der Waals surface area contributed by atoms with Crippen molar-refractivity contribution in [3.8, 4) is 0 Å². The molecule has 0 aliphatic carbocycles. The number of hydrogen-bond acceptors (Lipinski definition) is 0. The SMILES string of the molecule is c1cc2ccc3ccn(c1)c23. The second kappa shape index (κ2) is 1.56. The van der Waals surface area contributed by atoms with Crippen LogP contribution in [0.25, 0.3) is 16.3 Å². The van der Waals surface area contributed by atoms with Gasteiger partial charge in [-0.1, -0.05) is 18.2 Å². The molecular weight excluding hydrogens is 134 g/mol. The average Bonchev–Trinajstić information content (AvgIpc) is 2.60. The van der Waals surface area contributed by atoms with Gasteiger partial charge in [-0.3, -0.25) is 0 Å². The van der Waals surface area contributed by atoms with E-state index in [1.165, 1.54) is 16.3 Å². The van der Waals surface area contributed by atoms with Gasteiger partial charge < -0.3 is 4.40 Å². The molecule has 52 valence electrons. The minimum Gasteiger partial charge on any atom is -0.323 e. The first-order valence-corrected chi connectivity index (χ1v) is 3.73. The van der Waals surface area contributed by atoms with E-state index in [0.717, 1.165) is 0 Å². The smallest absolute Gasteiger partial charge is 0.0594 e. The minimum atomic E-state index is 1.33. The van der Waals surface area contributed by atoms with Crippen LogP contribution in [-0.4, -0.2) is 4.40 Å². The maximum absolute atomic E-state index is 2.16. The largest absolute Gasteiger partial charge is 0.323 e. The summed E-state index contributed by atoms with van der Waals surface area (Å²) >= 11 is 0. The van der Waals surface area contributed by atoms with Gasteiger partial charge in [0.1, 0.15) is 0 Å². The lowest BCUT2D eigenvalue weighted by Gasteiger charge is -1.92. The zero-order valence-electron chi connectivity index (χ0n) is 5.99. The maximum atomic E-state index is 2.16. The average molecular weight is 141 g/mol. The fraction of sp³-hybridized carbons (Fsp3) is 0. The molecule has 0 bridgehead atoms. The van der Waals surface area contributed by atoms with Crippen molar-refractivity contribution in [3.63, 3.8) is 0 Å². The summed E-state index contributed by atoms with van der Waals surface area (Å²) in [5, 5.41) is 2.66. The molecular formula is C10H7N. The number of pyridine rings is 1. The Morgan fingerprint density at radius 3 is 2.55 bits per heavy atom. The van der Waals surface area contributed by atoms with Crippen LogP contribution in [0.4, 0.5) is 0 Å². The van der Waals surface area contributed by atoms with E-state index in [4.69, 9.17) is 0 Å². The van der Waals surface area contributed by atoms with Gasteiger partial charge in [-0.2, -0.15) is 0 Å². The zero-order valence-corrected chi connectivity index (χ0v) is 5.99. The fourth-order valence-corrected chi connectivity index (χ4v) is 1.67. The molecule has 0 amide bonds. The Bertz CT molecular complexity index is 442. The molecule has 1 aromatic carbocycles. The highest BCUT2D eigenvalue weighted by atomic mass is 14.9. The van der Waals surface area contributed by atoms with E-state index < -0.39 is 0 Å². The highest BCUT2D eigenvalue weighted by molar-refractivity contribution is 5.98. The number of aromatic nitrogens is 1. The number of hydrogen-bond donors (Lipinski definition) is 0. The summed E-state index contributed by atoms with van der Waals surface area (Å²) in [6.07, 6.45) is 4.17. The van der Waals surface area contributed by atoms with Crippen LogP contribution in [0.5, 0.6) is 0 Å². The predicted octanol–water partition coefficient (Wildman–Crippen LogP) is 2.53. The summed E-state index contributed by atoms with van der Waals surface area (Å²) in [4.78, 5) is 0. The first kappa shape index (κ1) is 5.19. The van der Waals surface area contributed by atoms with Gasteiger partial charge in [0.15, 0.2) is 0 Å². The number of nitrogens with zero attached hydrogens (tertiary/aromatic N) is 1. The van der Waals surface area contributed by atoms with Crippen molar-refractivity contribution in [2.75, 3.05) is 0 Å². The summed E-state index contributed by atoms with van der Waals surface area (Å²) in [7, 11) is 0. The molecule has 0 saturated heterocycles. The van der Waals surface area contributed by atoms with Crippen molar-refractivity contribution in [2.24, 2.45) is 0 Å². The molecule has 0 aliphatic rings. The van der Waals surface area contributed by atoms with Gasteiger partial charge in [0.2, 0.25) is 0 Å². The molecule has 0 aliphatic heterocycles. The van der Waals surface area contributed by atoms with E-state index in [9.17, 15) is 0 Å². The molecule has 0 saturated carbocycles. The molecule has 1 heteroatoms. The van der Waals surface area contributed by atoms with Crippen molar-refractivity contribution < 1.29 is 0 Å². The molecule has 0 spiro atoms. The van der Waals surface area contributed by atoms with Gasteiger partial charge in [0, 0.05) is 17.8 Å². The van der Waals surface area contributed by atoms with Gasteiger partial charge in [0.25, 0.3) is 0 Å². The molecule has 0 unspecified atom stereocenters. The first-order chi connectivity index (χ1) is 5.45. The number of rotatable bonds is 0. The molecule has 0 radical (unpaired) electrons. The van der Waals surface area contributed by atoms with Crippen LogP contribution >= 0.6 is 0 Å². The van der Waals surface area contributed by atoms with E-state index in [0.29, 0.717) is 0 Å². The topological polar surface area (TPSA) is 4.41 Å². The Balaban J connectivity index is 2.83. The third kappa shape index (κ3) is 0.511. The molecule has 3 aromatic rings. The summed E-state index contributed by atoms with van der Waals surface area (Å²) in [6.45, 7) is 0. The lowest BCUT2D eigenvalue weighted by Crippen LogP contribution is -1.77. The highest BCUT2D eigenvalue weighted by Crippen LogP contribution is 2.22. The summed E-state index contributed by atoms with van der Waals surface area (Å²) in [5.74, 6) is 0. The van der Waals surface area contributed by atoms with E-state index in [2.05, 4.69) is 47.1 Å². The van der Waals surface area contributed by atoms with E-state index in [1.54, 1.807) is 0 Å². The van der Waals surface area contributed by atoms with E-state index >= 15 is 0 Å². The van der Waals surface area contributed by atoms with Crippen molar-refractivity contribution in [1.82, 2.24) is 4.40 Å². The van der Waals surface area contributed by atoms with Gasteiger partial charge in [0.05, 0.1) is 5.52 Å².